The zero-order chi connectivity index (χ0) is 18.5. The topological polar surface area (TPSA) is 58.2 Å². The van der Waals surface area contributed by atoms with Crippen LogP contribution in [0.1, 0.15) is 31.8 Å². The maximum absolute atomic E-state index is 12.7. The van der Waals surface area contributed by atoms with Crippen LogP contribution in [0.15, 0.2) is 72.8 Å². The Morgan fingerprint density at radius 1 is 0.577 bits per heavy atom. The molecule has 2 amide bonds. The summed E-state index contributed by atoms with van der Waals surface area (Å²) in [7, 11) is 0. The van der Waals surface area contributed by atoms with Gasteiger partial charge in [0.15, 0.2) is 0 Å². The lowest BCUT2D eigenvalue weighted by Crippen LogP contribution is -2.19. The maximum atomic E-state index is 12.7. The first kappa shape index (κ1) is 17.4. The van der Waals surface area contributed by atoms with Crippen LogP contribution in [-0.2, 0) is 0 Å². The van der Waals surface area contributed by atoms with Crippen molar-refractivity contribution < 1.29 is 9.59 Å². The lowest BCUT2D eigenvalue weighted by molar-refractivity contribution is 0.102. The number of hydrogen-bond acceptors (Lipinski definition) is 2. The van der Waals surface area contributed by atoms with Crippen molar-refractivity contribution in [1.29, 1.82) is 0 Å². The molecule has 0 bridgehead atoms. The summed E-state index contributed by atoms with van der Waals surface area (Å²) in [5.74, 6) is -0.501. The summed E-state index contributed by atoms with van der Waals surface area (Å²) in [4.78, 5) is 25.3. The number of hydrogen-bond donors (Lipinski definition) is 2. The van der Waals surface area contributed by atoms with Crippen LogP contribution >= 0.6 is 0 Å². The van der Waals surface area contributed by atoms with Crippen LogP contribution in [-0.4, -0.2) is 11.8 Å². The molecule has 130 valence electrons. The van der Waals surface area contributed by atoms with Crippen molar-refractivity contribution in [3.8, 4) is 0 Å². The van der Waals surface area contributed by atoms with Crippen molar-refractivity contribution in [1.82, 2.24) is 0 Å². The van der Waals surface area contributed by atoms with E-state index in [1.54, 1.807) is 30.3 Å². The quantitative estimate of drug-likeness (QED) is 0.714. The largest absolute Gasteiger partial charge is 0.322 e. The number of nitrogens with one attached hydrogen (secondary N) is 2. The summed E-state index contributed by atoms with van der Waals surface area (Å²) in [6, 6.07) is 21.9. The Balaban J connectivity index is 1.84. The van der Waals surface area contributed by atoms with Gasteiger partial charge < -0.3 is 10.6 Å². The minimum absolute atomic E-state index is 0.237. The van der Waals surface area contributed by atoms with Crippen LogP contribution in [0.25, 0.3) is 0 Å². The Morgan fingerprint density at radius 3 is 1.69 bits per heavy atom. The summed E-state index contributed by atoms with van der Waals surface area (Å²) in [6.07, 6.45) is 0. The van der Waals surface area contributed by atoms with Crippen LogP contribution in [0.2, 0.25) is 0 Å². The summed E-state index contributed by atoms with van der Waals surface area (Å²) in [6.45, 7) is 3.81. The van der Waals surface area contributed by atoms with E-state index < -0.39 is 0 Å². The van der Waals surface area contributed by atoms with Crippen LogP contribution in [0.4, 0.5) is 11.4 Å². The zero-order valence-electron chi connectivity index (χ0n) is 14.7. The van der Waals surface area contributed by atoms with Gasteiger partial charge in [-0.2, -0.15) is 0 Å². The number of rotatable bonds is 4. The van der Waals surface area contributed by atoms with E-state index in [-0.39, 0.29) is 11.8 Å². The van der Waals surface area contributed by atoms with Gasteiger partial charge in [0, 0.05) is 11.3 Å². The Kier molecular flexibility index (Phi) is 5.13. The van der Waals surface area contributed by atoms with Gasteiger partial charge in [0.1, 0.15) is 0 Å². The third kappa shape index (κ3) is 3.81. The van der Waals surface area contributed by atoms with Gasteiger partial charge in [-0.3, -0.25) is 9.59 Å². The SMILES string of the molecule is Cc1ccccc1NC(=O)c1ccccc1NC(=O)c1ccccc1C. The smallest absolute Gasteiger partial charge is 0.257 e. The number of carbonyl (C=O) groups is 2. The van der Waals surface area contributed by atoms with E-state index in [4.69, 9.17) is 0 Å². The average molecular weight is 344 g/mol. The van der Waals surface area contributed by atoms with E-state index in [9.17, 15) is 9.59 Å². The number of aryl methyl sites for hydroxylation is 2. The van der Waals surface area contributed by atoms with Gasteiger partial charge in [-0.15, -0.1) is 0 Å². The second kappa shape index (κ2) is 7.66. The highest BCUT2D eigenvalue weighted by Crippen LogP contribution is 2.20. The van der Waals surface area contributed by atoms with Gasteiger partial charge in [-0.25, -0.2) is 0 Å². The highest BCUT2D eigenvalue weighted by molar-refractivity contribution is 6.13. The second-order valence-electron chi connectivity index (χ2n) is 6.08. The van der Waals surface area contributed by atoms with E-state index in [1.807, 2.05) is 56.3 Å². The molecule has 0 aromatic heterocycles. The minimum atomic E-state index is -0.264. The lowest BCUT2D eigenvalue weighted by atomic mass is 10.1. The molecule has 0 radical (unpaired) electrons. The first-order valence-corrected chi connectivity index (χ1v) is 8.39. The van der Waals surface area contributed by atoms with E-state index in [2.05, 4.69) is 10.6 Å². The molecule has 0 unspecified atom stereocenters. The molecule has 4 heteroatoms. The summed E-state index contributed by atoms with van der Waals surface area (Å²) in [5.41, 5.74) is 4.08. The average Bonchev–Trinajstić information content (AvgIpc) is 2.64. The molecule has 0 saturated carbocycles. The molecule has 0 aliphatic heterocycles. The number of para-hydroxylation sites is 2. The number of amides is 2. The molecule has 4 nitrogen and oxygen atoms in total. The summed E-state index contributed by atoms with van der Waals surface area (Å²) < 4.78 is 0. The van der Waals surface area contributed by atoms with Crippen LogP contribution < -0.4 is 10.6 Å². The Morgan fingerprint density at radius 2 is 1.04 bits per heavy atom. The van der Waals surface area contributed by atoms with E-state index in [1.165, 1.54) is 0 Å². The predicted octanol–water partition coefficient (Wildman–Crippen LogP) is 4.81. The second-order valence-corrected chi connectivity index (χ2v) is 6.08. The molecule has 26 heavy (non-hydrogen) atoms. The molecule has 0 aliphatic carbocycles. The van der Waals surface area contributed by atoms with Gasteiger partial charge in [0.05, 0.1) is 11.3 Å². The normalized spacial score (nSPS) is 10.2. The molecule has 0 heterocycles. The molecule has 0 saturated heterocycles. The monoisotopic (exact) mass is 344 g/mol. The zero-order valence-corrected chi connectivity index (χ0v) is 14.7. The van der Waals surface area contributed by atoms with Crippen molar-refractivity contribution in [2.75, 3.05) is 10.6 Å². The van der Waals surface area contributed by atoms with Gasteiger partial charge in [-0.1, -0.05) is 48.5 Å². The fraction of sp³-hybridized carbons (Fsp3) is 0.0909. The van der Waals surface area contributed by atoms with Gasteiger partial charge in [-0.05, 0) is 49.2 Å². The highest BCUT2D eigenvalue weighted by atomic mass is 16.2. The molecular formula is C22H20N2O2. The van der Waals surface area contributed by atoms with Crippen LogP contribution in [0, 0.1) is 13.8 Å². The Bertz CT molecular complexity index is 964. The molecule has 0 atom stereocenters. The number of anilines is 2. The molecule has 0 spiro atoms. The molecular weight excluding hydrogens is 324 g/mol. The van der Waals surface area contributed by atoms with E-state index in [0.29, 0.717) is 16.8 Å². The van der Waals surface area contributed by atoms with E-state index >= 15 is 0 Å². The van der Waals surface area contributed by atoms with Crippen molar-refractivity contribution in [3.63, 3.8) is 0 Å². The third-order valence-electron chi connectivity index (χ3n) is 4.20. The first-order valence-electron chi connectivity index (χ1n) is 8.39. The highest BCUT2D eigenvalue weighted by Gasteiger charge is 2.15. The van der Waals surface area contributed by atoms with Crippen LogP contribution in [0.5, 0.6) is 0 Å². The predicted molar refractivity (Wildman–Crippen MR) is 105 cm³/mol. The van der Waals surface area contributed by atoms with Crippen molar-refractivity contribution in [3.05, 3.63) is 95.1 Å². The van der Waals surface area contributed by atoms with Crippen molar-refractivity contribution in [2.24, 2.45) is 0 Å². The van der Waals surface area contributed by atoms with E-state index in [0.717, 1.165) is 16.8 Å². The molecule has 0 fully saturated rings. The summed E-state index contributed by atoms with van der Waals surface area (Å²) >= 11 is 0. The number of benzene rings is 3. The fourth-order valence-electron chi connectivity index (χ4n) is 2.71. The van der Waals surface area contributed by atoms with Gasteiger partial charge in [0.25, 0.3) is 11.8 Å². The Hall–Kier alpha value is -3.40. The maximum Gasteiger partial charge on any atom is 0.257 e. The Labute approximate surface area is 152 Å². The summed E-state index contributed by atoms with van der Waals surface area (Å²) in [5, 5.41) is 5.75. The standard InChI is InChI=1S/C22H20N2O2/c1-15-9-3-5-11-17(15)21(25)24-20-14-8-6-12-18(20)22(26)23-19-13-7-4-10-16(19)2/h3-14H,1-2H3,(H,23,26)(H,24,25). The number of carbonyl (C=O) groups excluding carboxylic acids is 2. The fourth-order valence-corrected chi connectivity index (χ4v) is 2.71. The molecule has 0 aliphatic rings. The van der Waals surface area contributed by atoms with Crippen molar-refractivity contribution >= 4 is 23.2 Å². The minimum Gasteiger partial charge on any atom is -0.322 e. The van der Waals surface area contributed by atoms with Gasteiger partial charge >= 0.3 is 0 Å². The third-order valence-corrected chi connectivity index (χ3v) is 4.20. The molecule has 3 rings (SSSR count). The first-order chi connectivity index (χ1) is 12.6. The molecule has 3 aromatic rings. The lowest BCUT2D eigenvalue weighted by Gasteiger charge is -2.13. The van der Waals surface area contributed by atoms with Gasteiger partial charge in [0.2, 0.25) is 0 Å². The molecule has 2 N–H and O–H groups in total. The molecule has 3 aromatic carbocycles. The van der Waals surface area contributed by atoms with Crippen LogP contribution in [0.3, 0.4) is 0 Å². The van der Waals surface area contributed by atoms with Crippen molar-refractivity contribution in [2.45, 2.75) is 13.8 Å².